The molecule has 0 aliphatic carbocycles. The number of halogens is 1. The van der Waals surface area contributed by atoms with Gasteiger partial charge in [-0.05, 0) is 54.4 Å². The van der Waals surface area contributed by atoms with Crippen molar-refractivity contribution in [1.29, 1.82) is 0 Å². The van der Waals surface area contributed by atoms with Crippen LogP contribution in [0, 0.1) is 12.7 Å². The highest BCUT2D eigenvalue weighted by Crippen LogP contribution is 2.32. The van der Waals surface area contributed by atoms with Crippen molar-refractivity contribution in [2.24, 2.45) is 0 Å². The summed E-state index contributed by atoms with van der Waals surface area (Å²) in [5.41, 5.74) is 4.25. The molecule has 0 bridgehead atoms. The van der Waals surface area contributed by atoms with E-state index in [2.05, 4.69) is 9.97 Å². The monoisotopic (exact) mass is 254 g/mol. The van der Waals surface area contributed by atoms with Crippen molar-refractivity contribution in [1.82, 2.24) is 9.97 Å². The molecule has 3 heteroatoms. The van der Waals surface area contributed by atoms with E-state index in [-0.39, 0.29) is 11.7 Å². The van der Waals surface area contributed by atoms with E-state index < -0.39 is 0 Å². The molecule has 0 atom stereocenters. The van der Waals surface area contributed by atoms with Crippen molar-refractivity contribution >= 4 is 0 Å². The molecule has 0 spiro atoms. The number of hydrogen-bond donors (Lipinski definition) is 2. The third-order valence-corrected chi connectivity index (χ3v) is 3.41. The Bertz CT molecular complexity index is 620. The molecule has 0 radical (unpaired) electrons. The lowest BCUT2D eigenvalue weighted by Crippen LogP contribution is -2.06. The van der Waals surface area contributed by atoms with Crippen LogP contribution in [0.15, 0.2) is 54.9 Å². The first-order valence-electron chi connectivity index (χ1n) is 6.28. The zero-order valence-corrected chi connectivity index (χ0v) is 10.7. The topological polar surface area (TPSA) is 31.6 Å². The molecule has 0 saturated carbocycles. The van der Waals surface area contributed by atoms with Crippen LogP contribution in [0.1, 0.15) is 28.4 Å². The minimum atomic E-state index is -0.196. The Labute approximate surface area is 111 Å². The number of aromatic amines is 2. The van der Waals surface area contributed by atoms with Gasteiger partial charge in [-0.2, -0.15) is 0 Å². The Morgan fingerprint density at radius 2 is 1.58 bits per heavy atom. The van der Waals surface area contributed by atoms with Crippen LogP contribution in [0.25, 0.3) is 0 Å². The molecule has 0 fully saturated rings. The Morgan fingerprint density at radius 3 is 2.05 bits per heavy atom. The van der Waals surface area contributed by atoms with E-state index >= 15 is 0 Å². The first kappa shape index (κ1) is 11.8. The van der Waals surface area contributed by atoms with Crippen LogP contribution in [0.2, 0.25) is 0 Å². The summed E-state index contributed by atoms with van der Waals surface area (Å²) in [6, 6.07) is 13.0. The van der Waals surface area contributed by atoms with Crippen LogP contribution in [-0.4, -0.2) is 9.97 Å². The van der Waals surface area contributed by atoms with Crippen LogP contribution in [0.5, 0.6) is 0 Å². The van der Waals surface area contributed by atoms with Gasteiger partial charge in [0.25, 0.3) is 0 Å². The van der Waals surface area contributed by atoms with E-state index in [1.807, 2.05) is 49.6 Å². The molecule has 2 nitrogen and oxygen atoms in total. The zero-order valence-electron chi connectivity index (χ0n) is 10.7. The SMILES string of the molecule is Cc1cc(F)ccc1C(c1ccc[nH]1)c1ccc[nH]1. The number of aryl methyl sites for hydroxylation is 1. The van der Waals surface area contributed by atoms with Crippen molar-refractivity contribution in [3.8, 4) is 0 Å². The Morgan fingerprint density at radius 1 is 0.947 bits per heavy atom. The highest BCUT2D eigenvalue weighted by atomic mass is 19.1. The second-order valence-electron chi connectivity index (χ2n) is 4.68. The molecule has 3 aromatic rings. The number of aromatic nitrogens is 2. The lowest BCUT2D eigenvalue weighted by atomic mass is 9.89. The summed E-state index contributed by atoms with van der Waals surface area (Å²) in [4.78, 5) is 6.50. The van der Waals surface area contributed by atoms with Gasteiger partial charge in [0.15, 0.2) is 0 Å². The summed E-state index contributed by atoms with van der Waals surface area (Å²) in [5, 5.41) is 0. The summed E-state index contributed by atoms with van der Waals surface area (Å²) in [5.74, 6) is -0.122. The van der Waals surface area contributed by atoms with Crippen LogP contribution < -0.4 is 0 Å². The standard InChI is InChI=1S/C16H15FN2/c1-11-10-12(17)6-7-13(11)16(14-4-2-8-18-14)15-5-3-9-19-15/h2-10,16,18-19H,1H3. The van der Waals surface area contributed by atoms with Crippen LogP contribution in [0.3, 0.4) is 0 Å². The Kier molecular flexibility index (Phi) is 2.95. The van der Waals surface area contributed by atoms with Gasteiger partial charge >= 0.3 is 0 Å². The molecule has 0 saturated heterocycles. The van der Waals surface area contributed by atoms with E-state index in [4.69, 9.17) is 0 Å². The molecule has 0 amide bonds. The molecular formula is C16H15FN2. The summed E-state index contributed by atoms with van der Waals surface area (Å²) in [6.45, 7) is 1.94. The number of hydrogen-bond acceptors (Lipinski definition) is 0. The number of rotatable bonds is 3. The molecule has 1 aromatic carbocycles. The molecule has 0 unspecified atom stereocenters. The normalized spacial score (nSPS) is 11.1. The quantitative estimate of drug-likeness (QED) is 0.708. The number of nitrogens with one attached hydrogen (secondary N) is 2. The van der Waals surface area contributed by atoms with Gasteiger partial charge < -0.3 is 9.97 Å². The van der Waals surface area contributed by atoms with Crippen LogP contribution in [0.4, 0.5) is 4.39 Å². The lowest BCUT2D eigenvalue weighted by Gasteiger charge is -2.17. The molecule has 0 aliphatic rings. The maximum Gasteiger partial charge on any atom is 0.123 e. The summed E-state index contributed by atoms with van der Waals surface area (Å²) >= 11 is 0. The van der Waals surface area contributed by atoms with Crippen molar-refractivity contribution < 1.29 is 4.39 Å². The Balaban J connectivity index is 2.14. The minimum absolute atomic E-state index is 0.0746. The Hall–Kier alpha value is -2.29. The average molecular weight is 254 g/mol. The van der Waals surface area contributed by atoms with E-state index in [0.29, 0.717) is 0 Å². The van der Waals surface area contributed by atoms with Crippen LogP contribution in [-0.2, 0) is 0 Å². The van der Waals surface area contributed by atoms with Crippen molar-refractivity contribution in [3.63, 3.8) is 0 Å². The maximum atomic E-state index is 13.3. The van der Waals surface area contributed by atoms with Crippen molar-refractivity contribution in [2.75, 3.05) is 0 Å². The molecule has 3 rings (SSSR count). The highest BCUT2D eigenvalue weighted by molar-refractivity contribution is 5.42. The highest BCUT2D eigenvalue weighted by Gasteiger charge is 2.20. The van der Waals surface area contributed by atoms with Crippen molar-refractivity contribution in [3.05, 3.63) is 83.2 Å². The van der Waals surface area contributed by atoms with Gasteiger partial charge in [-0.3, -0.25) is 0 Å². The van der Waals surface area contributed by atoms with Crippen molar-refractivity contribution in [2.45, 2.75) is 12.8 Å². The molecule has 0 aliphatic heterocycles. The fourth-order valence-corrected chi connectivity index (χ4v) is 2.51. The second-order valence-corrected chi connectivity index (χ2v) is 4.68. The minimum Gasteiger partial charge on any atom is -0.364 e. The zero-order chi connectivity index (χ0) is 13.2. The third kappa shape index (κ3) is 2.19. The maximum absolute atomic E-state index is 13.3. The van der Waals surface area contributed by atoms with Gasteiger partial charge in [-0.15, -0.1) is 0 Å². The predicted octanol–water partition coefficient (Wildman–Crippen LogP) is 3.97. The fourth-order valence-electron chi connectivity index (χ4n) is 2.51. The van der Waals surface area contributed by atoms with E-state index in [0.717, 1.165) is 22.5 Å². The van der Waals surface area contributed by atoms with E-state index in [9.17, 15) is 4.39 Å². The molecule has 2 N–H and O–H groups in total. The molecule has 96 valence electrons. The van der Waals surface area contributed by atoms with Gasteiger partial charge in [0.1, 0.15) is 5.82 Å². The van der Waals surface area contributed by atoms with E-state index in [1.165, 1.54) is 6.07 Å². The first-order valence-corrected chi connectivity index (χ1v) is 6.28. The van der Waals surface area contributed by atoms with Gasteiger partial charge in [-0.1, -0.05) is 6.07 Å². The summed E-state index contributed by atoms with van der Waals surface area (Å²) < 4.78 is 13.3. The number of benzene rings is 1. The van der Waals surface area contributed by atoms with Gasteiger partial charge in [-0.25, -0.2) is 4.39 Å². The number of H-pyrrole nitrogens is 2. The predicted molar refractivity (Wildman–Crippen MR) is 73.7 cm³/mol. The van der Waals surface area contributed by atoms with Gasteiger partial charge in [0.2, 0.25) is 0 Å². The summed E-state index contributed by atoms with van der Waals surface area (Å²) in [6.07, 6.45) is 3.81. The molecule has 2 aromatic heterocycles. The molecular weight excluding hydrogens is 239 g/mol. The average Bonchev–Trinajstić information content (AvgIpc) is 3.06. The first-order chi connectivity index (χ1) is 9.25. The second kappa shape index (κ2) is 4.76. The van der Waals surface area contributed by atoms with E-state index in [1.54, 1.807) is 6.07 Å². The smallest absolute Gasteiger partial charge is 0.123 e. The van der Waals surface area contributed by atoms with Gasteiger partial charge in [0, 0.05) is 23.8 Å². The third-order valence-electron chi connectivity index (χ3n) is 3.41. The van der Waals surface area contributed by atoms with Crippen LogP contribution >= 0.6 is 0 Å². The fraction of sp³-hybridized carbons (Fsp3) is 0.125. The summed E-state index contributed by atoms with van der Waals surface area (Å²) in [7, 11) is 0. The molecule has 2 heterocycles. The largest absolute Gasteiger partial charge is 0.364 e. The van der Waals surface area contributed by atoms with Gasteiger partial charge in [0.05, 0.1) is 5.92 Å². The lowest BCUT2D eigenvalue weighted by molar-refractivity contribution is 0.625. The molecule has 19 heavy (non-hydrogen) atoms.